The third kappa shape index (κ3) is 3.44. The lowest BCUT2D eigenvalue weighted by atomic mass is 10.0. The smallest absolute Gasteiger partial charge is 0.254 e. The van der Waals surface area contributed by atoms with E-state index in [1.807, 2.05) is 20.8 Å². The summed E-state index contributed by atoms with van der Waals surface area (Å²) in [6.45, 7) is 5.97. The molecule has 17 heavy (non-hydrogen) atoms. The topological polar surface area (TPSA) is 49.3 Å². The minimum atomic E-state index is -0.707. The van der Waals surface area contributed by atoms with Crippen LogP contribution in [-0.2, 0) is 0 Å². The van der Waals surface area contributed by atoms with E-state index in [-0.39, 0.29) is 17.4 Å². The second-order valence-corrected chi connectivity index (χ2v) is 4.40. The first kappa shape index (κ1) is 13.5. The van der Waals surface area contributed by atoms with Crippen molar-refractivity contribution in [2.24, 2.45) is 5.92 Å². The highest BCUT2D eigenvalue weighted by Gasteiger charge is 2.17. The molecule has 1 amide bonds. The summed E-state index contributed by atoms with van der Waals surface area (Å²) in [4.78, 5) is 11.8. The molecule has 0 radical (unpaired) electrons. The highest BCUT2D eigenvalue weighted by Crippen LogP contribution is 2.15. The van der Waals surface area contributed by atoms with Gasteiger partial charge >= 0.3 is 0 Å². The van der Waals surface area contributed by atoms with E-state index in [4.69, 9.17) is 5.11 Å². The van der Waals surface area contributed by atoms with Gasteiger partial charge in [0.15, 0.2) is 0 Å². The van der Waals surface area contributed by atoms with E-state index in [2.05, 4.69) is 5.32 Å². The molecule has 2 N–H and O–H groups in total. The first-order valence-electron chi connectivity index (χ1n) is 5.75. The number of aromatic hydroxyl groups is 1. The average Bonchev–Trinajstić information content (AvgIpc) is 2.24. The zero-order valence-electron chi connectivity index (χ0n) is 10.3. The number of nitrogens with one attached hydrogen (secondary N) is 1. The second kappa shape index (κ2) is 5.66. The number of carbonyl (C=O) groups excluding carboxylic acids is 1. The summed E-state index contributed by atoms with van der Waals surface area (Å²) in [5.74, 6) is -1.04. The molecule has 0 aliphatic rings. The number of phenolic OH excluding ortho intramolecular Hbond substituents is 1. The first-order chi connectivity index (χ1) is 7.95. The van der Waals surface area contributed by atoms with Crippen LogP contribution in [0.4, 0.5) is 4.39 Å². The highest BCUT2D eigenvalue weighted by molar-refractivity contribution is 5.94. The molecule has 1 unspecified atom stereocenters. The Labute approximate surface area is 101 Å². The van der Waals surface area contributed by atoms with Crippen LogP contribution in [0.5, 0.6) is 5.75 Å². The normalized spacial score (nSPS) is 12.5. The molecular formula is C13H18FNO2. The third-order valence-corrected chi connectivity index (χ3v) is 2.76. The van der Waals surface area contributed by atoms with Crippen molar-refractivity contribution in [1.29, 1.82) is 0 Å². The number of rotatable bonds is 4. The molecule has 4 heteroatoms. The largest absolute Gasteiger partial charge is 0.508 e. The number of amides is 1. The monoisotopic (exact) mass is 239 g/mol. The molecule has 1 aromatic carbocycles. The second-order valence-electron chi connectivity index (χ2n) is 4.40. The molecule has 0 fully saturated rings. The van der Waals surface area contributed by atoms with Crippen molar-refractivity contribution in [1.82, 2.24) is 5.32 Å². The van der Waals surface area contributed by atoms with Crippen LogP contribution in [-0.4, -0.2) is 17.1 Å². The average molecular weight is 239 g/mol. The fourth-order valence-corrected chi connectivity index (χ4v) is 1.67. The van der Waals surface area contributed by atoms with Crippen molar-refractivity contribution in [2.75, 3.05) is 0 Å². The summed E-state index contributed by atoms with van der Waals surface area (Å²) in [5.41, 5.74) is -0.0399. The van der Waals surface area contributed by atoms with Gasteiger partial charge in [-0.25, -0.2) is 4.39 Å². The van der Waals surface area contributed by atoms with Gasteiger partial charge in [-0.15, -0.1) is 0 Å². The number of halogens is 1. The lowest BCUT2D eigenvalue weighted by Crippen LogP contribution is -2.38. The molecule has 0 spiro atoms. The maximum absolute atomic E-state index is 13.4. The minimum Gasteiger partial charge on any atom is -0.508 e. The van der Waals surface area contributed by atoms with Gasteiger partial charge < -0.3 is 10.4 Å². The highest BCUT2D eigenvalue weighted by atomic mass is 19.1. The maximum atomic E-state index is 13.4. The Kier molecular flexibility index (Phi) is 4.49. The minimum absolute atomic E-state index is 0.0238. The zero-order valence-corrected chi connectivity index (χ0v) is 10.3. The molecule has 0 saturated heterocycles. The molecule has 3 nitrogen and oxygen atoms in total. The Morgan fingerprint density at radius 1 is 1.47 bits per heavy atom. The van der Waals surface area contributed by atoms with Gasteiger partial charge in [0.05, 0.1) is 5.56 Å². The van der Waals surface area contributed by atoms with E-state index in [0.29, 0.717) is 5.92 Å². The molecule has 0 heterocycles. The van der Waals surface area contributed by atoms with Crippen LogP contribution in [0.15, 0.2) is 18.2 Å². The number of carbonyl (C=O) groups is 1. The number of hydrogen-bond acceptors (Lipinski definition) is 2. The van der Waals surface area contributed by atoms with Crippen molar-refractivity contribution >= 4 is 5.91 Å². The van der Waals surface area contributed by atoms with Gasteiger partial charge in [-0.2, -0.15) is 0 Å². The summed E-state index contributed by atoms with van der Waals surface area (Å²) in [6.07, 6.45) is 0.795. The number of phenols is 1. The molecule has 94 valence electrons. The Morgan fingerprint density at radius 2 is 2.12 bits per heavy atom. The summed E-state index contributed by atoms with van der Waals surface area (Å²) in [7, 11) is 0. The standard InChI is InChI=1S/C13H18FNO2/c1-4-12(8(2)3)15-13(17)10-6-5-9(16)7-11(10)14/h5-8,12,16H,4H2,1-3H3,(H,15,17). The van der Waals surface area contributed by atoms with Crippen LogP contribution < -0.4 is 5.32 Å². The van der Waals surface area contributed by atoms with Gasteiger partial charge in [0.25, 0.3) is 5.91 Å². The fraction of sp³-hybridized carbons (Fsp3) is 0.462. The summed E-state index contributed by atoms with van der Waals surface area (Å²) < 4.78 is 13.4. The van der Waals surface area contributed by atoms with Gasteiger partial charge in [-0.1, -0.05) is 20.8 Å². The van der Waals surface area contributed by atoms with Gasteiger partial charge in [0, 0.05) is 12.1 Å². The van der Waals surface area contributed by atoms with Crippen LogP contribution >= 0.6 is 0 Å². The predicted molar refractivity (Wildman–Crippen MR) is 64.4 cm³/mol. The van der Waals surface area contributed by atoms with Crippen LogP contribution in [0.1, 0.15) is 37.6 Å². The van der Waals surface area contributed by atoms with Crippen molar-refractivity contribution in [3.63, 3.8) is 0 Å². The van der Waals surface area contributed by atoms with Crippen LogP contribution in [0, 0.1) is 11.7 Å². The van der Waals surface area contributed by atoms with Crippen molar-refractivity contribution in [3.05, 3.63) is 29.6 Å². The summed E-state index contributed by atoms with van der Waals surface area (Å²) in [6, 6.07) is 3.54. The third-order valence-electron chi connectivity index (χ3n) is 2.76. The Morgan fingerprint density at radius 3 is 2.59 bits per heavy atom. The van der Waals surface area contributed by atoms with E-state index >= 15 is 0 Å². The first-order valence-corrected chi connectivity index (χ1v) is 5.75. The lowest BCUT2D eigenvalue weighted by molar-refractivity contribution is 0.0920. The van der Waals surface area contributed by atoms with Crippen LogP contribution in [0.3, 0.4) is 0 Å². The van der Waals surface area contributed by atoms with Gasteiger partial charge in [-0.05, 0) is 24.5 Å². The number of hydrogen-bond donors (Lipinski definition) is 2. The molecule has 0 aromatic heterocycles. The maximum Gasteiger partial charge on any atom is 0.254 e. The van der Waals surface area contributed by atoms with Crippen molar-refractivity contribution in [3.8, 4) is 5.75 Å². The summed E-state index contributed by atoms with van der Waals surface area (Å²) >= 11 is 0. The zero-order chi connectivity index (χ0) is 13.0. The molecule has 1 atom stereocenters. The van der Waals surface area contributed by atoms with E-state index in [0.717, 1.165) is 12.5 Å². The predicted octanol–water partition coefficient (Wildman–Crippen LogP) is 2.70. The molecular weight excluding hydrogens is 221 g/mol. The fourth-order valence-electron chi connectivity index (χ4n) is 1.67. The van der Waals surface area contributed by atoms with Crippen LogP contribution in [0.25, 0.3) is 0 Å². The molecule has 1 aromatic rings. The van der Waals surface area contributed by atoms with E-state index < -0.39 is 11.7 Å². The van der Waals surface area contributed by atoms with Crippen LogP contribution in [0.2, 0.25) is 0 Å². The summed E-state index contributed by atoms with van der Waals surface area (Å²) in [5, 5.41) is 11.8. The molecule has 0 aliphatic heterocycles. The Balaban J connectivity index is 2.82. The van der Waals surface area contributed by atoms with Crippen molar-refractivity contribution < 1.29 is 14.3 Å². The molecule has 1 rings (SSSR count). The number of benzene rings is 1. The lowest BCUT2D eigenvalue weighted by Gasteiger charge is -2.20. The molecule has 0 saturated carbocycles. The van der Waals surface area contributed by atoms with Crippen molar-refractivity contribution in [2.45, 2.75) is 33.2 Å². The Bertz CT molecular complexity index is 404. The van der Waals surface area contributed by atoms with Gasteiger partial charge in [-0.3, -0.25) is 4.79 Å². The van der Waals surface area contributed by atoms with E-state index in [1.54, 1.807) is 0 Å². The van der Waals surface area contributed by atoms with E-state index in [9.17, 15) is 9.18 Å². The molecule has 0 bridgehead atoms. The van der Waals surface area contributed by atoms with Gasteiger partial charge in [0.2, 0.25) is 0 Å². The quantitative estimate of drug-likeness (QED) is 0.848. The van der Waals surface area contributed by atoms with Gasteiger partial charge in [0.1, 0.15) is 11.6 Å². The molecule has 0 aliphatic carbocycles. The van der Waals surface area contributed by atoms with E-state index in [1.165, 1.54) is 12.1 Å². The SMILES string of the molecule is CCC(NC(=O)c1ccc(O)cc1F)C(C)C. The Hall–Kier alpha value is -1.58.